The first kappa shape index (κ1) is 25.2. The van der Waals surface area contributed by atoms with Crippen LogP contribution in [0.25, 0.3) is 0 Å². The Morgan fingerprint density at radius 1 is 1.03 bits per heavy atom. The lowest BCUT2D eigenvalue weighted by atomic mass is 9.93. The summed E-state index contributed by atoms with van der Waals surface area (Å²) in [5.74, 6) is 1.13. The second-order valence-corrected chi connectivity index (χ2v) is 8.52. The van der Waals surface area contributed by atoms with Crippen molar-refractivity contribution in [2.24, 2.45) is 0 Å². The number of hydrogen-bond acceptors (Lipinski definition) is 6. The standard InChI is InChI=1S/C28H28BNO6/c1-4-34-26(31)15-19-10-12-24(33-3)25(14-19)35-23-13-11-22(29)16-21(23)17-30-18(2)27(36-28(30)32)20-8-6-5-7-9-20/h5-14,16,18,27H,4,15,17H2,1-3H3/t18-,27-/m0/s1. The Balaban J connectivity index is 1.59. The van der Waals surface area contributed by atoms with Crippen molar-refractivity contribution >= 4 is 25.4 Å². The summed E-state index contributed by atoms with van der Waals surface area (Å²) in [6.07, 6.45) is -0.664. The molecule has 1 amide bonds. The van der Waals surface area contributed by atoms with Gasteiger partial charge >= 0.3 is 12.1 Å². The molecular formula is C28H28BNO6. The summed E-state index contributed by atoms with van der Waals surface area (Å²) in [7, 11) is 7.62. The van der Waals surface area contributed by atoms with E-state index >= 15 is 0 Å². The molecule has 184 valence electrons. The van der Waals surface area contributed by atoms with Crippen LogP contribution in [0.4, 0.5) is 4.79 Å². The third kappa shape index (κ3) is 5.65. The molecule has 3 aromatic rings. The molecule has 36 heavy (non-hydrogen) atoms. The first-order valence-corrected chi connectivity index (χ1v) is 11.8. The number of esters is 1. The summed E-state index contributed by atoms with van der Waals surface area (Å²) in [5.41, 5.74) is 2.92. The number of nitrogens with zero attached hydrogens (tertiary/aromatic N) is 1. The zero-order valence-corrected chi connectivity index (χ0v) is 20.6. The van der Waals surface area contributed by atoms with Crippen molar-refractivity contribution in [3.05, 3.63) is 83.4 Å². The van der Waals surface area contributed by atoms with Gasteiger partial charge in [0.05, 0.1) is 32.7 Å². The Hall–Kier alpha value is -3.94. The van der Waals surface area contributed by atoms with Crippen LogP contribution in [0.3, 0.4) is 0 Å². The fourth-order valence-electron chi connectivity index (χ4n) is 4.22. The Morgan fingerprint density at radius 2 is 1.78 bits per heavy atom. The quantitative estimate of drug-likeness (QED) is 0.329. The second kappa shape index (κ2) is 11.2. The first-order chi connectivity index (χ1) is 17.4. The van der Waals surface area contributed by atoms with Crippen LogP contribution in [-0.2, 0) is 27.2 Å². The highest BCUT2D eigenvalue weighted by Crippen LogP contribution is 2.37. The second-order valence-electron chi connectivity index (χ2n) is 8.52. The van der Waals surface area contributed by atoms with Crippen LogP contribution in [-0.4, -0.2) is 44.6 Å². The molecule has 0 aromatic heterocycles. The minimum Gasteiger partial charge on any atom is -0.493 e. The van der Waals surface area contributed by atoms with Crippen molar-refractivity contribution < 1.29 is 28.5 Å². The van der Waals surface area contributed by atoms with E-state index in [1.54, 1.807) is 55.3 Å². The van der Waals surface area contributed by atoms with Crippen LogP contribution in [0, 0.1) is 0 Å². The molecule has 0 N–H and O–H groups in total. The van der Waals surface area contributed by atoms with Crippen molar-refractivity contribution in [2.45, 2.75) is 39.0 Å². The van der Waals surface area contributed by atoms with Gasteiger partial charge in [-0.05, 0) is 43.2 Å². The van der Waals surface area contributed by atoms with Crippen LogP contribution in [0.1, 0.15) is 36.6 Å². The highest BCUT2D eigenvalue weighted by molar-refractivity contribution is 6.32. The molecule has 1 fully saturated rings. The van der Waals surface area contributed by atoms with Crippen LogP contribution in [0.5, 0.6) is 17.2 Å². The Kier molecular flexibility index (Phi) is 7.83. The molecule has 7 nitrogen and oxygen atoms in total. The molecule has 1 aliphatic rings. The van der Waals surface area contributed by atoms with Gasteiger partial charge in [0.25, 0.3) is 0 Å². The lowest BCUT2D eigenvalue weighted by Gasteiger charge is -2.23. The van der Waals surface area contributed by atoms with E-state index in [4.69, 9.17) is 26.8 Å². The van der Waals surface area contributed by atoms with Gasteiger partial charge < -0.3 is 18.9 Å². The Bertz CT molecular complexity index is 1230. The molecule has 1 heterocycles. The van der Waals surface area contributed by atoms with Crippen LogP contribution < -0.4 is 14.9 Å². The predicted octanol–water partition coefficient (Wildman–Crippen LogP) is 4.47. The van der Waals surface area contributed by atoms with Gasteiger partial charge in [-0.25, -0.2) is 4.79 Å². The highest BCUT2D eigenvalue weighted by atomic mass is 16.6. The molecule has 1 aliphatic heterocycles. The molecule has 1 saturated heterocycles. The lowest BCUT2D eigenvalue weighted by molar-refractivity contribution is -0.142. The van der Waals surface area contributed by atoms with Crippen LogP contribution in [0.2, 0.25) is 0 Å². The topological polar surface area (TPSA) is 74.3 Å². The maximum absolute atomic E-state index is 12.8. The molecule has 0 bridgehead atoms. The van der Waals surface area contributed by atoms with Gasteiger partial charge in [0, 0.05) is 5.56 Å². The first-order valence-electron chi connectivity index (χ1n) is 11.8. The summed E-state index contributed by atoms with van der Waals surface area (Å²) in [4.78, 5) is 26.4. The molecule has 3 aromatic carbocycles. The van der Waals surface area contributed by atoms with E-state index in [1.165, 1.54) is 0 Å². The summed E-state index contributed by atoms with van der Waals surface area (Å²) in [6, 6.07) is 20.0. The van der Waals surface area contributed by atoms with E-state index in [9.17, 15) is 9.59 Å². The molecule has 0 unspecified atom stereocenters. The predicted molar refractivity (Wildman–Crippen MR) is 136 cm³/mol. The van der Waals surface area contributed by atoms with Gasteiger partial charge in [-0.1, -0.05) is 54.0 Å². The normalized spacial score (nSPS) is 17.0. The zero-order chi connectivity index (χ0) is 25.7. The summed E-state index contributed by atoms with van der Waals surface area (Å²) in [5, 5.41) is 0. The molecule has 0 aliphatic carbocycles. The van der Waals surface area contributed by atoms with Gasteiger partial charge in [-0.15, -0.1) is 0 Å². The smallest absolute Gasteiger partial charge is 0.411 e. The number of ether oxygens (including phenoxy) is 4. The largest absolute Gasteiger partial charge is 0.493 e. The van der Waals surface area contributed by atoms with Crippen molar-refractivity contribution in [1.82, 2.24) is 4.90 Å². The van der Waals surface area contributed by atoms with Gasteiger partial charge in [0.15, 0.2) is 11.5 Å². The van der Waals surface area contributed by atoms with Crippen molar-refractivity contribution in [1.29, 1.82) is 0 Å². The van der Waals surface area contributed by atoms with E-state index in [0.717, 1.165) is 11.1 Å². The number of amides is 1. The van der Waals surface area contributed by atoms with E-state index < -0.39 is 6.09 Å². The van der Waals surface area contributed by atoms with E-state index in [-0.39, 0.29) is 31.1 Å². The molecular weight excluding hydrogens is 457 g/mol. The summed E-state index contributed by atoms with van der Waals surface area (Å²) >= 11 is 0. The van der Waals surface area contributed by atoms with Crippen molar-refractivity contribution in [3.8, 4) is 17.2 Å². The average molecular weight is 485 g/mol. The summed E-state index contributed by atoms with van der Waals surface area (Å²) in [6.45, 7) is 4.28. The number of cyclic esters (lactones) is 1. The van der Waals surface area contributed by atoms with Crippen LogP contribution in [0.15, 0.2) is 66.7 Å². The molecule has 0 spiro atoms. The number of benzene rings is 3. The molecule has 4 rings (SSSR count). The van der Waals surface area contributed by atoms with Crippen molar-refractivity contribution in [2.75, 3.05) is 13.7 Å². The van der Waals surface area contributed by atoms with Crippen LogP contribution >= 0.6 is 0 Å². The van der Waals surface area contributed by atoms with E-state index in [2.05, 4.69) is 0 Å². The lowest BCUT2D eigenvalue weighted by Crippen LogP contribution is -2.31. The van der Waals surface area contributed by atoms with Gasteiger partial charge in [0.1, 0.15) is 19.7 Å². The van der Waals surface area contributed by atoms with Gasteiger partial charge in [0.2, 0.25) is 0 Å². The Labute approximate surface area is 212 Å². The van der Waals surface area contributed by atoms with E-state index in [1.807, 2.05) is 37.3 Å². The average Bonchev–Trinajstić information content (AvgIpc) is 3.15. The molecule has 0 saturated carbocycles. The monoisotopic (exact) mass is 485 g/mol. The highest BCUT2D eigenvalue weighted by Gasteiger charge is 2.39. The fourth-order valence-corrected chi connectivity index (χ4v) is 4.22. The molecule has 8 heteroatoms. The maximum Gasteiger partial charge on any atom is 0.411 e. The third-order valence-electron chi connectivity index (χ3n) is 6.05. The zero-order valence-electron chi connectivity index (χ0n) is 20.6. The number of carbonyl (C=O) groups excluding carboxylic acids is 2. The fraction of sp³-hybridized carbons (Fsp3) is 0.286. The number of hydrogen-bond donors (Lipinski definition) is 0. The number of rotatable bonds is 9. The summed E-state index contributed by atoms with van der Waals surface area (Å²) < 4.78 is 22.5. The van der Waals surface area contributed by atoms with Gasteiger partial charge in [-0.2, -0.15) is 0 Å². The Morgan fingerprint density at radius 3 is 2.50 bits per heavy atom. The minimum atomic E-state index is -0.404. The van der Waals surface area contributed by atoms with Crippen molar-refractivity contribution in [3.63, 3.8) is 0 Å². The SMILES string of the molecule is [B]c1ccc(Oc2cc(CC(=O)OCC)ccc2OC)c(CN2C(=O)O[C@H](c3ccccc3)[C@@H]2C)c1. The van der Waals surface area contributed by atoms with Gasteiger partial charge in [-0.3, -0.25) is 9.69 Å². The maximum atomic E-state index is 12.8. The molecule has 2 atom stereocenters. The third-order valence-corrected chi connectivity index (χ3v) is 6.05. The molecule has 2 radical (unpaired) electrons. The van der Waals surface area contributed by atoms with E-state index in [0.29, 0.717) is 34.9 Å². The number of methoxy groups -OCH3 is 1. The number of carbonyl (C=O) groups is 2. The minimum absolute atomic E-state index is 0.112.